The number of nitrogens with one attached hydrogen (secondary N) is 2. The highest BCUT2D eigenvalue weighted by atomic mass is 19.1. The summed E-state index contributed by atoms with van der Waals surface area (Å²) in [7, 11) is 0. The van der Waals surface area contributed by atoms with E-state index in [1.165, 1.54) is 6.20 Å². The largest absolute Gasteiger partial charge is 0.481 e. The second kappa shape index (κ2) is 4.59. The van der Waals surface area contributed by atoms with E-state index < -0.39 is 23.2 Å². The van der Waals surface area contributed by atoms with Gasteiger partial charge in [0.15, 0.2) is 0 Å². The van der Waals surface area contributed by atoms with E-state index in [1.54, 1.807) is 0 Å². The van der Waals surface area contributed by atoms with Crippen LogP contribution in [0.1, 0.15) is 12.8 Å². The van der Waals surface area contributed by atoms with E-state index in [0.29, 0.717) is 12.8 Å². The summed E-state index contributed by atoms with van der Waals surface area (Å²) in [6.45, 7) is 0.0664. The van der Waals surface area contributed by atoms with Gasteiger partial charge in [-0.2, -0.15) is 0 Å². The fourth-order valence-corrected chi connectivity index (χ4v) is 1.52. The average molecular weight is 253 g/mol. The Bertz CT molecular complexity index is 488. The van der Waals surface area contributed by atoms with Crippen molar-refractivity contribution in [2.24, 2.45) is 5.41 Å². The molecule has 3 N–H and O–H groups in total. The summed E-state index contributed by atoms with van der Waals surface area (Å²) in [6.07, 6.45) is 3.44. The molecule has 1 aromatic rings. The van der Waals surface area contributed by atoms with Gasteiger partial charge in [-0.1, -0.05) is 0 Å². The van der Waals surface area contributed by atoms with Crippen LogP contribution < -0.4 is 10.6 Å². The van der Waals surface area contributed by atoms with Gasteiger partial charge in [-0.05, 0) is 12.8 Å². The molecule has 96 valence electrons. The average Bonchev–Trinajstić information content (AvgIpc) is 3.07. The number of nitrogens with zero attached hydrogens (tertiary/aromatic N) is 1. The molecule has 0 atom stereocenters. The molecule has 0 aliphatic heterocycles. The molecule has 0 spiro atoms. The van der Waals surface area contributed by atoms with Gasteiger partial charge in [-0.3, -0.25) is 9.78 Å². The third-order valence-electron chi connectivity index (χ3n) is 2.86. The van der Waals surface area contributed by atoms with E-state index in [0.717, 1.165) is 12.3 Å². The molecule has 1 aromatic heterocycles. The molecule has 0 radical (unpaired) electrons. The molecule has 1 fully saturated rings. The topological polar surface area (TPSA) is 91.3 Å². The van der Waals surface area contributed by atoms with Crippen LogP contribution in [0.25, 0.3) is 0 Å². The third-order valence-corrected chi connectivity index (χ3v) is 2.86. The van der Waals surface area contributed by atoms with Crippen molar-refractivity contribution in [2.75, 3.05) is 11.9 Å². The molecular weight excluding hydrogens is 241 g/mol. The van der Waals surface area contributed by atoms with Crippen molar-refractivity contribution in [3.63, 3.8) is 0 Å². The summed E-state index contributed by atoms with van der Waals surface area (Å²) in [6, 6.07) is 0.548. The molecule has 2 amide bonds. The maximum atomic E-state index is 12.8. The van der Waals surface area contributed by atoms with Gasteiger partial charge in [-0.25, -0.2) is 9.18 Å². The Morgan fingerprint density at radius 3 is 2.72 bits per heavy atom. The van der Waals surface area contributed by atoms with Gasteiger partial charge in [0.25, 0.3) is 0 Å². The number of anilines is 1. The Hall–Kier alpha value is -2.18. The van der Waals surface area contributed by atoms with Crippen molar-refractivity contribution in [3.05, 3.63) is 24.3 Å². The normalized spacial score (nSPS) is 15.8. The first-order chi connectivity index (χ1) is 8.52. The van der Waals surface area contributed by atoms with Crippen molar-refractivity contribution in [1.29, 1.82) is 0 Å². The van der Waals surface area contributed by atoms with Crippen LogP contribution in [0.3, 0.4) is 0 Å². The zero-order valence-corrected chi connectivity index (χ0v) is 9.44. The lowest BCUT2D eigenvalue weighted by molar-refractivity contribution is -0.143. The Balaban J connectivity index is 1.84. The van der Waals surface area contributed by atoms with Crippen LogP contribution in [0.2, 0.25) is 0 Å². The molecule has 1 aliphatic carbocycles. The Morgan fingerprint density at radius 2 is 2.17 bits per heavy atom. The number of carbonyl (C=O) groups excluding carboxylic acids is 1. The fourth-order valence-electron chi connectivity index (χ4n) is 1.52. The van der Waals surface area contributed by atoms with Gasteiger partial charge >= 0.3 is 12.0 Å². The number of carbonyl (C=O) groups is 2. The highest BCUT2D eigenvalue weighted by Crippen LogP contribution is 2.45. The summed E-state index contributed by atoms with van der Waals surface area (Å²) >= 11 is 0. The van der Waals surface area contributed by atoms with E-state index in [-0.39, 0.29) is 12.2 Å². The van der Waals surface area contributed by atoms with Crippen molar-refractivity contribution in [1.82, 2.24) is 10.3 Å². The molecule has 0 aromatic carbocycles. The number of halogens is 1. The number of carboxylic acid groups (broad SMARTS) is 1. The second-order valence-electron chi connectivity index (χ2n) is 4.28. The molecule has 1 saturated carbocycles. The molecular formula is C11H12FN3O3. The minimum absolute atomic E-state index is 0.0664. The standard InChI is InChI=1S/C11H12FN3O3/c12-7-3-8(5-13-4-7)15-10(18)14-6-11(1-2-11)9(16)17/h3-5H,1-2,6H2,(H,16,17)(H2,14,15,18). The molecule has 18 heavy (non-hydrogen) atoms. The van der Waals surface area contributed by atoms with Gasteiger partial charge in [0.1, 0.15) is 5.82 Å². The number of amides is 2. The number of hydrogen-bond acceptors (Lipinski definition) is 3. The fraction of sp³-hybridized carbons (Fsp3) is 0.364. The van der Waals surface area contributed by atoms with Crippen LogP contribution in [0.4, 0.5) is 14.9 Å². The predicted molar refractivity (Wildman–Crippen MR) is 60.5 cm³/mol. The maximum absolute atomic E-state index is 12.8. The smallest absolute Gasteiger partial charge is 0.319 e. The Morgan fingerprint density at radius 1 is 1.44 bits per heavy atom. The minimum Gasteiger partial charge on any atom is -0.481 e. The van der Waals surface area contributed by atoms with Gasteiger partial charge in [0.2, 0.25) is 0 Å². The summed E-state index contributed by atoms with van der Waals surface area (Å²) < 4.78 is 12.8. The highest BCUT2D eigenvalue weighted by Gasteiger charge is 2.50. The predicted octanol–water partition coefficient (Wildman–Crippen LogP) is 1.21. The summed E-state index contributed by atoms with van der Waals surface area (Å²) in [5.41, 5.74) is -0.606. The third kappa shape index (κ3) is 2.73. The van der Waals surface area contributed by atoms with Crippen molar-refractivity contribution < 1.29 is 19.1 Å². The van der Waals surface area contributed by atoms with Gasteiger partial charge in [0.05, 0.1) is 23.5 Å². The van der Waals surface area contributed by atoms with E-state index in [9.17, 15) is 14.0 Å². The monoisotopic (exact) mass is 253 g/mol. The van der Waals surface area contributed by atoms with Gasteiger partial charge in [-0.15, -0.1) is 0 Å². The lowest BCUT2D eigenvalue weighted by atomic mass is 10.1. The minimum atomic E-state index is -0.907. The van der Waals surface area contributed by atoms with E-state index in [4.69, 9.17) is 5.11 Å². The summed E-state index contributed by atoms with van der Waals surface area (Å²) in [5, 5.41) is 13.7. The molecule has 1 heterocycles. The number of urea groups is 1. The summed E-state index contributed by atoms with van der Waals surface area (Å²) in [5.74, 6) is -1.47. The summed E-state index contributed by atoms with van der Waals surface area (Å²) in [4.78, 5) is 25.9. The molecule has 0 unspecified atom stereocenters. The van der Waals surface area contributed by atoms with Crippen molar-refractivity contribution >= 4 is 17.7 Å². The number of aliphatic carboxylic acids is 1. The zero-order valence-electron chi connectivity index (χ0n) is 9.44. The van der Waals surface area contributed by atoms with Crippen molar-refractivity contribution in [2.45, 2.75) is 12.8 Å². The first-order valence-electron chi connectivity index (χ1n) is 5.41. The molecule has 7 heteroatoms. The lowest BCUT2D eigenvalue weighted by Crippen LogP contribution is -2.36. The van der Waals surface area contributed by atoms with Crippen LogP contribution >= 0.6 is 0 Å². The first kappa shape index (κ1) is 12.3. The number of hydrogen-bond donors (Lipinski definition) is 3. The maximum Gasteiger partial charge on any atom is 0.319 e. The van der Waals surface area contributed by atoms with Crippen molar-refractivity contribution in [3.8, 4) is 0 Å². The Labute approximate surface area is 102 Å². The van der Waals surface area contributed by atoms with E-state index in [1.807, 2.05) is 0 Å². The Kier molecular flexibility index (Phi) is 3.14. The number of carboxylic acids is 1. The highest BCUT2D eigenvalue weighted by molar-refractivity contribution is 5.89. The second-order valence-corrected chi connectivity index (χ2v) is 4.28. The molecule has 2 rings (SSSR count). The molecule has 6 nitrogen and oxygen atoms in total. The number of aromatic nitrogens is 1. The van der Waals surface area contributed by atoms with Gasteiger partial charge in [0, 0.05) is 12.6 Å². The lowest BCUT2D eigenvalue weighted by Gasteiger charge is -2.11. The zero-order chi connectivity index (χ0) is 13.2. The van der Waals surface area contributed by atoms with Crippen LogP contribution in [0.15, 0.2) is 18.5 Å². The number of rotatable bonds is 4. The number of pyridine rings is 1. The molecule has 0 saturated heterocycles. The van der Waals surface area contributed by atoms with Crippen LogP contribution in [0.5, 0.6) is 0 Å². The van der Waals surface area contributed by atoms with E-state index in [2.05, 4.69) is 15.6 Å². The SMILES string of the molecule is O=C(NCC1(C(=O)O)CC1)Nc1cncc(F)c1. The van der Waals surface area contributed by atoms with Crippen LogP contribution in [-0.4, -0.2) is 28.6 Å². The molecule has 1 aliphatic rings. The van der Waals surface area contributed by atoms with Crippen LogP contribution in [0, 0.1) is 11.2 Å². The molecule has 0 bridgehead atoms. The first-order valence-corrected chi connectivity index (χ1v) is 5.41. The van der Waals surface area contributed by atoms with Gasteiger partial charge < -0.3 is 15.7 Å². The van der Waals surface area contributed by atoms with E-state index >= 15 is 0 Å². The van der Waals surface area contributed by atoms with Crippen LogP contribution in [-0.2, 0) is 4.79 Å². The quantitative estimate of drug-likeness (QED) is 0.752.